The number of nitriles is 1. The van der Waals surface area contributed by atoms with Gasteiger partial charge in [0.05, 0.1) is 31.9 Å². The third kappa shape index (κ3) is 4.84. The van der Waals surface area contributed by atoms with Crippen LogP contribution in [-0.2, 0) is 18.0 Å². The first-order valence-corrected chi connectivity index (χ1v) is 11.5. The molecule has 3 aromatic heterocycles. The van der Waals surface area contributed by atoms with Crippen molar-refractivity contribution in [2.45, 2.75) is 12.3 Å². The van der Waals surface area contributed by atoms with Crippen molar-refractivity contribution < 1.29 is 27.0 Å². The molecule has 1 aliphatic rings. The minimum atomic E-state index is -4.97. The van der Waals surface area contributed by atoms with E-state index in [-0.39, 0.29) is 42.5 Å². The number of methoxy groups -OCH3 is 1. The van der Waals surface area contributed by atoms with Crippen molar-refractivity contribution in [3.8, 4) is 23.2 Å². The van der Waals surface area contributed by atoms with Gasteiger partial charge in [0.15, 0.2) is 5.52 Å². The number of pyridine rings is 1. The molecule has 1 fully saturated rings. The van der Waals surface area contributed by atoms with Crippen LogP contribution >= 0.6 is 0 Å². The van der Waals surface area contributed by atoms with Crippen LogP contribution in [0.15, 0.2) is 41.3 Å². The number of benzene rings is 1. The van der Waals surface area contributed by atoms with Gasteiger partial charge in [0, 0.05) is 31.4 Å². The van der Waals surface area contributed by atoms with Crippen molar-refractivity contribution in [2.75, 3.05) is 31.7 Å². The fourth-order valence-electron chi connectivity index (χ4n) is 4.26. The third-order valence-corrected chi connectivity index (χ3v) is 6.21. The molecule has 0 amide bonds. The van der Waals surface area contributed by atoms with Gasteiger partial charge in [0.1, 0.15) is 23.1 Å². The molecular weight excluding hydrogens is 522 g/mol. The normalized spacial score (nSPS) is 15.8. The second-order valence-corrected chi connectivity index (χ2v) is 8.61. The molecule has 0 bridgehead atoms. The average molecular weight is 541 g/mol. The lowest BCUT2D eigenvalue weighted by Gasteiger charge is -2.33. The summed E-state index contributed by atoms with van der Waals surface area (Å²) in [6.07, 6.45) is -3.88. The van der Waals surface area contributed by atoms with Gasteiger partial charge >= 0.3 is 6.18 Å². The smallest absolute Gasteiger partial charge is 0.449 e. The van der Waals surface area contributed by atoms with Crippen molar-refractivity contribution in [3.05, 3.63) is 69.7 Å². The van der Waals surface area contributed by atoms with Crippen LogP contribution < -0.4 is 15.2 Å². The summed E-state index contributed by atoms with van der Waals surface area (Å²) in [6.45, 7) is 0.733. The maximum atomic E-state index is 15.1. The predicted molar refractivity (Wildman–Crippen MR) is 129 cm³/mol. The summed E-state index contributed by atoms with van der Waals surface area (Å²) in [4.78, 5) is 31.2. The van der Waals surface area contributed by atoms with Crippen LogP contribution in [0, 0.1) is 17.1 Å². The highest BCUT2D eigenvalue weighted by Gasteiger charge is 2.37. The Kier molecular flexibility index (Phi) is 6.61. The van der Waals surface area contributed by atoms with E-state index >= 15 is 4.39 Å². The van der Waals surface area contributed by atoms with Crippen molar-refractivity contribution >= 4 is 17.0 Å². The first kappa shape index (κ1) is 26.0. The van der Waals surface area contributed by atoms with Crippen LogP contribution in [0.3, 0.4) is 0 Å². The quantitative estimate of drug-likeness (QED) is 0.358. The second-order valence-electron chi connectivity index (χ2n) is 8.61. The number of hydrogen-bond donors (Lipinski definition) is 0. The Bertz CT molecular complexity index is 1680. The van der Waals surface area contributed by atoms with Crippen LogP contribution in [-0.4, -0.2) is 51.3 Å². The van der Waals surface area contributed by atoms with E-state index in [1.54, 1.807) is 29.3 Å². The molecule has 4 heterocycles. The monoisotopic (exact) mass is 541 g/mol. The highest BCUT2D eigenvalue weighted by Crippen LogP contribution is 2.33. The highest BCUT2D eigenvalue weighted by molar-refractivity contribution is 5.90. The molecule has 1 unspecified atom stereocenters. The number of morpholine rings is 1. The van der Waals surface area contributed by atoms with E-state index in [2.05, 4.69) is 19.9 Å². The number of anilines is 1. The standard InChI is InChI=1S/C25H19F4N7O3/c1-35-22(37)21-20(32-23(35)25(27,28)29)19(15-4-3-13(11-30)9-16(15)26)33-24(34-21)36-7-8-39-17(12-36)14-5-6-31-18(10-14)38-2/h3-6,9-10,17H,7-8,12H2,1-2H3. The Morgan fingerprint density at radius 3 is 2.64 bits per heavy atom. The molecule has 1 aliphatic heterocycles. The number of hydrogen-bond acceptors (Lipinski definition) is 9. The minimum Gasteiger partial charge on any atom is -0.481 e. The van der Waals surface area contributed by atoms with Crippen LogP contribution in [0.25, 0.3) is 22.3 Å². The van der Waals surface area contributed by atoms with Crippen molar-refractivity contribution in [1.29, 1.82) is 5.26 Å². The number of fused-ring (bicyclic) bond motifs is 1. The zero-order chi connectivity index (χ0) is 27.9. The lowest BCUT2D eigenvalue weighted by Crippen LogP contribution is -2.39. The molecule has 0 N–H and O–H groups in total. The summed E-state index contributed by atoms with van der Waals surface area (Å²) in [5, 5.41) is 9.10. The van der Waals surface area contributed by atoms with E-state index in [9.17, 15) is 18.0 Å². The molecule has 0 saturated carbocycles. The van der Waals surface area contributed by atoms with Gasteiger partial charge < -0.3 is 14.4 Å². The van der Waals surface area contributed by atoms with E-state index in [0.29, 0.717) is 10.4 Å². The Hall–Kier alpha value is -4.64. The Morgan fingerprint density at radius 1 is 1.15 bits per heavy atom. The van der Waals surface area contributed by atoms with Crippen LogP contribution in [0.4, 0.5) is 23.5 Å². The number of rotatable bonds is 4. The number of ether oxygens (including phenoxy) is 2. The fraction of sp³-hybridized carbons (Fsp3) is 0.280. The highest BCUT2D eigenvalue weighted by atomic mass is 19.4. The molecule has 0 aliphatic carbocycles. The van der Waals surface area contributed by atoms with Gasteiger partial charge in [0.25, 0.3) is 5.56 Å². The van der Waals surface area contributed by atoms with E-state index < -0.39 is 40.5 Å². The zero-order valence-corrected chi connectivity index (χ0v) is 20.5. The number of alkyl halides is 3. The number of aromatic nitrogens is 5. The third-order valence-electron chi connectivity index (χ3n) is 6.21. The van der Waals surface area contributed by atoms with Gasteiger partial charge in [0.2, 0.25) is 17.7 Å². The van der Waals surface area contributed by atoms with Gasteiger partial charge in [-0.15, -0.1) is 0 Å². The summed E-state index contributed by atoms with van der Waals surface area (Å²) in [7, 11) is 2.41. The summed E-state index contributed by atoms with van der Waals surface area (Å²) < 4.78 is 67.6. The van der Waals surface area contributed by atoms with E-state index in [4.69, 9.17) is 14.7 Å². The van der Waals surface area contributed by atoms with E-state index in [1.807, 2.05) is 0 Å². The molecule has 1 saturated heterocycles. The van der Waals surface area contributed by atoms with E-state index in [1.165, 1.54) is 19.2 Å². The number of nitrogens with zero attached hydrogens (tertiary/aromatic N) is 7. The molecule has 0 spiro atoms. The zero-order valence-electron chi connectivity index (χ0n) is 20.5. The molecule has 0 radical (unpaired) electrons. The Balaban J connectivity index is 1.69. The summed E-state index contributed by atoms with van der Waals surface area (Å²) >= 11 is 0. The summed E-state index contributed by atoms with van der Waals surface area (Å²) in [5.74, 6) is -2.04. The minimum absolute atomic E-state index is 0.00140. The summed E-state index contributed by atoms with van der Waals surface area (Å²) in [6, 6.07) is 8.66. The maximum Gasteiger partial charge on any atom is 0.449 e. The largest absolute Gasteiger partial charge is 0.481 e. The Morgan fingerprint density at radius 2 is 1.95 bits per heavy atom. The lowest BCUT2D eigenvalue weighted by atomic mass is 10.1. The number of halogens is 4. The molecular formula is C25H19F4N7O3. The predicted octanol–water partition coefficient (Wildman–Crippen LogP) is 3.40. The molecule has 10 nitrogen and oxygen atoms in total. The first-order chi connectivity index (χ1) is 18.6. The Labute approximate surface area is 218 Å². The molecule has 5 rings (SSSR count). The lowest BCUT2D eigenvalue weighted by molar-refractivity contribution is -0.147. The maximum absolute atomic E-state index is 15.1. The molecule has 1 aromatic carbocycles. The fourth-order valence-corrected chi connectivity index (χ4v) is 4.26. The van der Waals surface area contributed by atoms with Crippen molar-refractivity contribution in [2.24, 2.45) is 7.05 Å². The molecule has 14 heteroatoms. The van der Waals surface area contributed by atoms with Gasteiger partial charge in [-0.1, -0.05) is 0 Å². The SMILES string of the molecule is COc1cc(C2CN(c3nc(-c4ccc(C#N)cc4F)c4nc(C(F)(F)F)n(C)c(=O)c4n3)CCO2)ccn1. The van der Waals surface area contributed by atoms with Gasteiger partial charge in [-0.05, 0) is 29.8 Å². The molecule has 4 aromatic rings. The van der Waals surface area contributed by atoms with Gasteiger partial charge in [-0.2, -0.15) is 18.4 Å². The first-order valence-electron chi connectivity index (χ1n) is 11.5. The van der Waals surface area contributed by atoms with Crippen LogP contribution in [0.1, 0.15) is 23.1 Å². The second kappa shape index (κ2) is 9.91. The molecule has 39 heavy (non-hydrogen) atoms. The summed E-state index contributed by atoms with van der Waals surface area (Å²) in [5.41, 5.74) is -1.80. The van der Waals surface area contributed by atoms with Gasteiger partial charge in [-0.3, -0.25) is 9.36 Å². The van der Waals surface area contributed by atoms with Crippen LogP contribution in [0.2, 0.25) is 0 Å². The van der Waals surface area contributed by atoms with Gasteiger partial charge in [-0.25, -0.2) is 24.3 Å². The van der Waals surface area contributed by atoms with Crippen molar-refractivity contribution in [1.82, 2.24) is 24.5 Å². The van der Waals surface area contributed by atoms with Crippen molar-refractivity contribution in [3.63, 3.8) is 0 Å². The average Bonchev–Trinajstić information content (AvgIpc) is 2.94. The molecule has 1 atom stereocenters. The van der Waals surface area contributed by atoms with E-state index in [0.717, 1.165) is 18.7 Å². The topological polar surface area (TPSA) is 119 Å². The van der Waals surface area contributed by atoms with Crippen LogP contribution in [0.5, 0.6) is 5.88 Å². The molecule has 200 valence electrons.